The largest absolute Gasteiger partial charge is 0.356 e. The van der Waals surface area contributed by atoms with Crippen molar-refractivity contribution < 1.29 is 0 Å². The highest BCUT2D eigenvalue weighted by atomic mass is 79.9. The molecule has 0 bridgehead atoms. The molecule has 5 heteroatoms. The molecule has 1 aliphatic carbocycles. The van der Waals surface area contributed by atoms with E-state index in [0.29, 0.717) is 5.02 Å². The molecule has 3 aromatic rings. The van der Waals surface area contributed by atoms with Crippen LogP contribution in [0.5, 0.6) is 0 Å². The van der Waals surface area contributed by atoms with E-state index in [4.69, 9.17) is 17.3 Å². The highest BCUT2D eigenvalue weighted by Crippen LogP contribution is 2.30. The number of aromatic nitrogens is 1. The predicted octanol–water partition coefficient (Wildman–Crippen LogP) is 5.71. The lowest BCUT2D eigenvalue weighted by Gasteiger charge is -2.11. The standard InChI is InChI=1S/C15H12BrClN2.C3H6S/c16-11-6-3-4-9-8-13(19-15(9)11)14(18)10-5-1-2-7-12(10)17;4-3-1-2-3/h1-8,14,19H,18H2;3-4H,1-2H2/t14-;/m1./s1. The Morgan fingerprint density at radius 3 is 2.48 bits per heavy atom. The van der Waals surface area contributed by atoms with Crippen LogP contribution in [0.15, 0.2) is 53.0 Å². The number of benzene rings is 2. The van der Waals surface area contributed by atoms with Gasteiger partial charge < -0.3 is 10.7 Å². The molecule has 1 aliphatic rings. The van der Waals surface area contributed by atoms with Crippen molar-refractivity contribution in [2.45, 2.75) is 24.1 Å². The molecule has 2 aromatic carbocycles. The summed E-state index contributed by atoms with van der Waals surface area (Å²) < 4.78 is 1.03. The van der Waals surface area contributed by atoms with Crippen molar-refractivity contribution >= 4 is 51.1 Å². The number of rotatable bonds is 2. The van der Waals surface area contributed by atoms with E-state index in [-0.39, 0.29) is 6.04 Å². The number of fused-ring (bicyclic) bond motifs is 1. The van der Waals surface area contributed by atoms with Gasteiger partial charge in [0.25, 0.3) is 0 Å². The van der Waals surface area contributed by atoms with E-state index in [1.165, 1.54) is 12.8 Å². The molecule has 1 fully saturated rings. The summed E-state index contributed by atoms with van der Waals surface area (Å²) in [5.41, 5.74) is 9.23. The Labute approximate surface area is 155 Å². The molecule has 23 heavy (non-hydrogen) atoms. The molecule has 120 valence electrons. The van der Waals surface area contributed by atoms with Gasteiger partial charge in [0.2, 0.25) is 0 Å². The van der Waals surface area contributed by atoms with Crippen LogP contribution in [0.2, 0.25) is 5.02 Å². The molecular formula is C18H18BrClN2S. The van der Waals surface area contributed by atoms with Crippen molar-refractivity contribution in [2.24, 2.45) is 5.73 Å². The van der Waals surface area contributed by atoms with E-state index >= 15 is 0 Å². The van der Waals surface area contributed by atoms with E-state index in [9.17, 15) is 0 Å². The van der Waals surface area contributed by atoms with Crippen LogP contribution in [0, 0.1) is 0 Å². The summed E-state index contributed by atoms with van der Waals surface area (Å²) in [4.78, 5) is 3.36. The number of para-hydroxylation sites is 1. The molecule has 0 amide bonds. The van der Waals surface area contributed by atoms with Crippen LogP contribution in [-0.2, 0) is 0 Å². The van der Waals surface area contributed by atoms with E-state index in [1.54, 1.807) is 0 Å². The minimum absolute atomic E-state index is 0.256. The number of aromatic amines is 1. The first-order valence-electron chi connectivity index (χ1n) is 7.51. The Hall–Kier alpha value is -0.940. The van der Waals surface area contributed by atoms with Crippen LogP contribution in [0.4, 0.5) is 0 Å². The summed E-state index contributed by atoms with van der Waals surface area (Å²) in [7, 11) is 0. The van der Waals surface area contributed by atoms with Gasteiger partial charge in [-0.3, -0.25) is 0 Å². The smallest absolute Gasteiger partial charge is 0.0718 e. The lowest BCUT2D eigenvalue weighted by Crippen LogP contribution is -2.12. The first-order chi connectivity index (χ1) is 11.1. The maximum absolute atomic E-state index is 6.30. The normalized spacial score (nSPS) is 15.1. The minimum Gasteiger partial charge on any atom is -0.356 e. The molecular weight excluding hydrogens is 392 g/mol. The van der Waals surface area contributed by atoms with Gasteiger partial charge in [0.05, 0.1) is 11.6 Å². The van der Waals surface area contributed by atoms with Crippen molar-refractivity contribution in [3.05, 3.63) is 69.3 Å². The zero-order valence-electron chi connectivity index (χ0n) is 12.5. The average Bonchev–Trinajstić information content (AvgIpc) is 3.19. The van der Waals surface area contributed by atoms with Crippen LogP contribution in [0.25, 0.3) is 10.9 Å². The molecule has 0 unspecified atom stereocenters. The van der Waals surface area contributed by atoms with Crippen molar-refractivity contribution in [2.75, 3.05) is 0 Å². The van der Waals surface area contributed by atoms with Crippen LogP contribution in [-0.4, -0.2) is 10.2 Å². The van der Waals surface area contributed by atoms with Gasteiger partial charge in [-0.25, -0.2) is 0 Å². The predicted molar refractivity (Wildman–Crippen MR) is 105 cm³/mol. The van der Waals surface area contributed by atoms with E-state index in [0.717, 1.165) is 31.9 Å². The monoisotopic (exact) mass is 408 g/mol. The zero-order chi connectivity index (χ0) is 16.4. The SMILES string of the molecule is N[C@@H](c1cc2cccc(Br)c2[nH]1)c1ccccc1Cl.SC1CC1. The highest BCUT2D eigenvalue weighted by Gasteiger charge is 2.15. The molecule has 0 radical (unpaired) electrons. The second kappa shape index (κ2) is 7.31. The topological polar surface area (TPSA) is 41.8 Å². The zero-order valence-corrected chi connectivity index (χ0v) is 15.7. The first-order valence-corrected chi connectivity index (χ1v) is 9.20. The number of hydrogen-bond acceptors (Lipinski definition) is 2. The first kappa shape index (κ1) is 16.9. The molecule has 1 heterocycles. The number of halogens is 2. The fraction of sp³-hybridized carbons (Fsp3) is 0.222. The van der Waals surface area contributed by atoms with E-state index in [1.807, 2.05) is 36.4 Å². The third kappa shape index (κ3) is 4.13. The lowest BCUT2D eigenvalue weighted by molar-refractivity contribution is 0.842. The quantitative estimate of drug-likeness (QED) is 0.466. The second-order valence-electron chi connectivity index (χ2n) is 5.66. The Bertz CT molecular complexity index is 814. The van der Waals surface area contributed by atoms with Crippen molar-refractivity contribution in [3.63, 3.8) is 0 Å². The van der Waals surface area contributed by atoms with Crippen LogP contribution in [0.3, 0.4) is 0 Å². The van der Waals surface area contributed by atoms with Gasteiger partial charge in [0.15, 0.2) is 0 Å². The van der Waals surface area contributed by atoms with Crippen molar-refractivity contribution in [3.8, 4) is 0 Å². The maximum atomic E-state index is 6.30. The number of thiol groups is 1. The van der Waals surface area contributed by atoms with Crippen molar-refractivity contribution in [1.29, 1.82) is 0 Å². The molecule has 4 rings (SSSR count). The van der Waals surface area contributed by atoms with Crippen molar-refractivity contribution in [1.82, 2.24) is 4.98 Å². The molecule has 2 nitrogen and oxygen atoms in total. The third-order valence-electron chi connectivity index (χ3n) is 3.75. The Morgan fingerprint density at radius 2 is 1.87 bits per heavy atom. The van der Waals surface area contributed by atoms with Gasteiger partial charge >= 0.3 is 0 Å². The number of nitrogens with two attached hydrogens (primary N) is 1. The molecule has 0 aliphatic heterocycles. The third-order valence-corrected chi connectivity index (χ3v) is 5.27. The maximum Gasteiger partial charge on any atom is 0.0718 e. The van der Waals surface area contributed by atoms with Gasteiger partial charge in [-0.05, 0) is 52.5 Å². The summed E-state index contributed by atoms with van der Waals surface area (Å²) in [6.07, 6.45) is 2.70. The number of hydrogen-bond donors (Lipinski definition) is 3. The highest BCUT2D eigenvalue weighted by molar-refractivity contribution is 9.10. The van der Waals surface area contributed by atoms with Gasteiger partial charge in [-0.15, -0.1) is 0 Å². The second-order valence-corrected chi connectivity index (χ2v) is 7.65. The van der Waals surface area contributed by atoms with Crippen LogP contribution in [0.1, 0.15) is 30.1 Å². The molecule has 1 aromatic heterocycles. The fourth-order valence-corrected chi connectivity index (χ4v) is 3.16. The Balaban J connectivity index is 0.000000341. The summed E-state index contributed by atoms with van der Waals surface area (Å²) in [5.74, 6) is 0. The lowest BCUT2D eigenvalue weighted by atomic mass is 10.0. The summed E-state index contributed by atoms with van der Waals surface area (Å²) in [5, 5.41) is 2.60. The Morgan fingerprint density at radius 1 is 1.17 bits per heavy atom. The average molecular weight is 410 g/mol. The molecule has 3 N–H and O–H groups in total. The summed E-state index contributed by atoms with van der Waals surface area (Å²) in [6, 6.07) is 15.5. The van der Waals surface area contributed by atoms with E-state index < -0.39 is 0 Å². The van der Waals surface area contributed by atoms with Gasteiger partial charge in [-0.1, -0.05) is 41.9 Å². The fourth-order valence-electron chi connectivity index (χ4n) is 2.28. The summed E-state index contributed by atoms with van der Waals surface area (Å²) >= 11 is 13.8. The van der Waals surface area contributed by atoms with Crippen LogP contribution < -0.4 is 5.73 Å². The Kier molecular flexibility index (Phi) is 5.37. The number of nitrogens with one attached hydrogen (secondary N) is 1. The molecule has 0 spiro atoms. The van der Waals surface area contributed by atoms with Gasteiger partial charge in [0.1, 0.15) is 0 Å². The molecule has 1 atom stereocenters. The molecule has 1 saturated carbocycles. The number of H-pyrrole nitrogens is 1. The van der Waals surface area contributed by atoms with E-state index in [2.05, 4.69) is 45.7 Å². The minimum atomic E-state index is -0.256. The molecule has 0 saturated heterocycles. The van der Waals surface area contributed by atoms with Crippen LogP contribution >= 0.6 is 40.2 Å². The van der Waals surface area contributed by atoms with Gasteiger partial charge in [-0.2, -0.15) is 12.6 Å². The summed E-state index contributed by atoms with van der Waals surface area (Å²) in [6.45, 7) is 0. The van der Waals surface area contributed by atoms with Gasteiger partial charge in [0, 0.05) is 25.8 Å².